The zero-order valence-corrected chi connectivity index (χ0v) is 19.9. The number of hydrogen-bond acceptors (Lipinski definition) is 6. The van der Waals surface area contributed by atoms with Gasteiger partial charge in [0.25, 0.3) is 5.56 Å². The van der Waals surface area contributed by atoms with E-state index in [-0.39, 0.29) is 43.1 Å². The van der Waals surface area contributed by atoms with Crippen LogP contribution in [0.2, 0.25) is 5.02 Å². The second-order valence-corrected chi connectivity index (χ2v) is 10.1. The fourth-order valence-electron chi connectivity index (χ4n) is 5.32. The third kappa shape index (κ3) is 4.91. The van der Waals surface area contributed by atoms with E-state index in [4.69, 9.17) is 16.3 Å². The zero-order chi connectivity index (χ0) is 22.9. The van der Waals surface area contributed by atoms with Crippen LogP contribution >= 0.6 is 11.6 Å². The first-order valence-corrected chi connectivity index (χ1v) is 11.4. The van der Waals surface area contributed by atoms with Gasteiger partial charge in [0, 0.05) is 33.2 Å². The number of nitrogens with zero attached hydrogens (tertiary/aromatic N) is 3. The van der Waals surface area contributed by atoms with Gasteiger partial charge in [-0.2, -0.15) is 5.10 Å². The van der Waals surface area contributed by atoms with Crippen molar-refractivity contribution in [1.82, 2.24) is 14.7 Å². The largest absolute Gasteiger partial charge is 0.389 e. The van der Waals surface area contributed by atoms with Crippen LogP contribution in [0.1, 0.15) is 40.0 Å². The summed E-state index contributed by atoms with van der Waals surface area (Å²) in [5.41, 5.74) is 0.544. The molecule has 1 aromatic heterocycles. The minimum atomic E-state index is -0.751. The summed E-state index contributed by atoms with van der Waals surface area (Å²) in [4.78, 5) is 26.4. The molecule has 174 valence electrons. The molecule has 0 radical (unpaired) electrons. The second kappa shape index (κ2) is 9.46. The Hall–Kier alpha value is -1.64. The predicted molar refractivity (Wildman–Crippen MR) is 120 cm³/mol. The molecule has 0 unspecified atom stereocenters. The van der Waals surface area contributed by atoms with Gasteiger partial charge < -0.3 is 20.1 Å². The summed E-state index contributed by atoms with van der Waals surface area (Å²) < 4.78 is 6.09. The number of carbonyl (C=O) groups is 1. The standard InChI is InChI=1S/C22H35ClN4O4/c1-13-16-8-14(22(16,2)3)9-17(13)25-18-10-24-27(21(30)20(18)23)7-6-19(29)26(4)11-15(28)12-31-5/h10,13-17,25,28H,6-9,11-12H2,1-5H3/t13-,14+,15-,16+,17+/m0/s1. The maximum atomic E-state index is 12.7. The highest BCUT2D eigenvalue weighted by Gasteiger charge is 2.56. The van der Waals surface area contributed by atoms with Crippen LogP contribution in [-0.4, -0.2) is 65.1 Å². The van der Waals surface area contributed by atoms with Crippen molar-refractivity contribution in [2.75, 3.05) is 32.6 Å². The lowest BCUT2D eigenvalue weighted by molar-refractivity contribution is -0.131. The highest BCUT2D eigenvalue weighted by atomic mass is 35.5. The number of anilines is 1. The van der Waals surface area contributed by atoms with E-state index in [1.807, 2.05) is 0 Å². The number of methoxy groups -OCH3 is 1. The Morgan fingerprint density at radius 1 is 1.48 bits per heavy atom. The van der Waals surface area contributed by atoms with E-state index in [1.165, 1.54) is 23.1 Å². The van der Waals surface area contributed by atoms with Gasteiger partial charge in [-0.3, -0.25) is 9.59 Å². The van der Waals surface area contributed by atoms with E-state index in [0.717, 1.165) is 6.42 Å². The van der Waals surface area contributed by atoms with Crippen molar-refractivity contribution in [3.63, 3.8) is 0 Å². The summed E-state index contributed by atoms with van der Waals surface area (Å²) in [6.07, 6.45) is 3.27. The SMILES string of the molecule is COC[C@@H](O)CN(C)C(=O)CCn1ncc(N[C@@H]2C[C@H]3C[C@H]([C@@H]2C)C3(C)C)c(Cl)c1=O. The lowest BCUT2D eigenvalue weighted by Gasteiger charge is -2.62. The van der Waals surface area contributed by atoms with Gasteiger partial charge >= 0.3 is 0 Å². The van der Waals surface area contributed by atoms with Gasteiger partial charge in [-0.05, 0) is 36.0 Å². The van der Waals surface area contributed by atoms with E-state index in [0.29, 0.717) is 28.9 Å². The molecule has 4 rings (SSSR count). The fraction of sp³-hybridized carbons (Fsp3) is 0.773. The van der Waals surface area contributed by atoms with Gasteiger partial charge in [0.05, 0.1) is 31.1 Å². The summed E-state index contributed by atoms with van der Waals surface area (Å²) in [5.74, 6) is 1.69. The summed E-state index contributed by atoms with van der Waals surface area (Å²) >= 11 is 6.37. The van der Waals surface area contributed by atoms with Crippen LogP contribution in [0, 0.1) is 23.2 Å². The van der Waals surface area contributed by atoms with Gasteiger partial charge in [-0.25, -0.2) is 4.68 Å². The van der Waals surface area contributed by atoms with Crippen LogP contribution in [0.5, 0.6) is 0 Å². The third-order valence-corrected chi connectivity index (χ3v) is 7.85. The number of aryl methyl sites for hydroxylation is 1. The topological polar surface area (TPSA) is 96.7 Å². The quantitative estimate of drug-likeness (QED) is 0.594. The maximum absolute atomic E-state index is 12.7. The number of hydrogen-bond donors (Lipinski definition) is 2. The molecule has 0 saturated heterocycles. The molecule has 3 aliphatic carbocycles. The molecule has 2 bridgehead atoms. The van der Waals surface area contributed by atoms with Crippen molar-refractivity contribution in [2.24, 2.45) is 23.2 Å². The van der Waals surface area contributed by atoms with Gasteiger partial charge in [-0.1, -0.05) is 32.4 Å². The molecule has 1 heterocycles. The lowest BCUT2D eigenvalue weighted by Crippen LogP contribution is -2.58. The van der Waals surface area contributed by atoms with E-state index >= 15 is 0 Å². The molecule has 0 aromatic carbocycles. The normalized spacial score (nSPS) is 27.3. The average molecular weight is 455 g/mol. The molecule has 8 nitrogen and oxygen atoms in total. The molecular weight excluding hydrogens is 420 g/mol. The number of carbonyl (C=O) groups excluding carboxylic acids is 1. The van der Waals surface area contributed by atoms with Gasteiger partial charge in [0.15, 0.2) is 0 Å². The van der Waals surface area contributed by atoms with Crippen LogP contribution < -0.4 is 10.9 Å². The number of aliphatic hydroxyl groups excluding tert-OH is 1. The van der Waals surface area contributed by atoms with Crippen LogP contribution in [0.3, 0.4) is 0 Å². The monoisotopic (exact) mass is 454 g/mol. The van der Waals surface area contributed by atoms with Crippen LogP contribution in [0.25, 0.3) is 0 Å². The van der Waals surface area contributed by atoms with E-state index in [1.54, 1.807) is 13.2 Å². The first-order valence-electron chi connectivity index (χ1n) is 11.0. The van der Waals surface area contributed by atoms with Crippen molar-refractivity contribution in [3.8, 4) is 0 Å². The smallest absolute Gasteiger partial charge is 0.287 e. The minimum absolute atomic E-state index is 0.0876. The molecule has 2 N–H and O–H groups in total. The number of aliphatic hydroxyl groups is 1. The number of ether oxygens (including phenoxy) is 1. The second-order valence-electron chi connectivity index (χ2n) is 9.74. The Balaban J connectivity index is 1.58. The van der Waals surface area contributed by atoms with Crippen molar-refractivity contribution >= 4 is 23.2 Å². The summed E-state index contributed by atoms with van der Waals surface area (Å²) in [5, 5.41) is 17.6. The van der Waals surface area contributed by atoms with E-state index in [2.05, 4.69) is 31.2 Å². The number of fused-ring (bicyclic) bond motifs is 2. The van der Waals surface area contributed by atoms with Gasteiger partial charge in [-0.15, -0.1) is 0 Å². The molecule has 3 saturated carbocycles. The molecule has 1 aromatic rings. The van der Waals surface area contributed by atoms with Crippen molar-refractivity contribution < 1.29 is 14.6 Å². The lowest BCUT2D eigenvalue weighted by atomic mass is 9.45. The highest BCUT2D eigenvalue weighted by Crippen LogP contribution is 2.61. The Labute approximate surface area is 188 Å². The summed E-state index contributed by atoms with van der Waals surface area (Å²) in [7, 11) is 3.10. The number of halogens is 1. The van der Waals surface area contributed by atoms with Gasteiger partial charge in [0.1, 0.15) is 5.02 Å². The van der Waals surface area contributed by atoms with Crippen LogP contribution in [0.15, 0.2) is 11.0 Å². The first-order chi connectivity index (χ1) is 14.6. The molecule has 0 aliphatic heterocycles. The summed E-state index contributed by atoms with van der Waals surface area (Å²) in [6.45, 7) is 7.42. The average Bonchev–Trinajstić information content (AvgIpc) is 2.71. The first kappa shape index (κ1) is 24.0. The Morgan fingerprint density at radius 3 is 2.81 bits per heavy atom. The predicted octanol–water partition coefficient (Wildman–Crippen LogP) is 2.24. The van der Waals surface area contributed by atoms with Gasteiger partial charge in [0.2, 0.25) is 5.91 Å². The number of likely N-dealkylation sites (N-methyl/N-ethyl adjacent to an activating group) is 1. The number of rotatable bonds is 9. The van der Waals surface area contributed by atoms with E-state index < -0.39 is 11.7 Å². The zero-order valence-electron chi connectivity index (χ0n) is 19.1. The molecule has 3 aliphatic rings. The molecule has 9 heteroatoms. The van der Waals surface area contributed by atoms with Crippen molar-refractivity contribution in [1.29, 1.82) is 0 Å². The van der Waals surface area contributed by atoms with Crippen LogP contribution in [0.4, 0.5) is 5.69 Å². The van der Waals surface area contributed by atoms with E-state index in [9.17, 15) is 14.7 Å². The van der Waals surface area contributed by atoms with Crippen LogP contribution in [-0.2, 0) is 16.1 Å². The molecule has 1 amide bonds. The van der Waals surface area contributed by atoms with Crippen molar-refractivity contribution in [2.45, 2.75) is 58.7 Å². The summed E-state index contributed by atoms with van der Waals surface area (Å²) in [6, 6.07) is 0.278. The number of aromatic nitrogens is 2. The number of nitrogens with one attached hydrogen (secondary N) is 1. The Morgan fingerprint density at radius 2 is 2.19 bits per heavy atom. The Bertz CT molecular complexity index is 858. The fourth-order valence-corrected chi connectivity index (χ4v) is 5.52. The minimum Gasteiger partial charge on any atom is -0.389 e. The highest BCUT2D eigenvalue weighted by molar-refractivity contribution is 6.32. The molecule has 3 fully saturated rings. The number of amides is 1. The molecule has 0 spiro atoms. The Kier molecular flexibility index (Phi) is 7.33. The molecular formula is C22H35ClN4O4. The molecule has 31 heavy (non-hydrogen) atoms. The third-order valence-electron chi connectivity index (χ3n) is 7.49. The van der Waals surface area contributed by atoms with Crippen molar-refractivity contribution in [3.05, 3.63) is 21.6 Å². The molecule has 5 atom stereocenters. The maximum Gasteiger partial charge on any atom is 0.287 e.